The van der Waals surface area contributed by atoms with Gasteiger partial charge in [0, 0.05) is 0 Å². The molecule has 4 rings (SSSR count). The van der Waals surface area contributed by atoms with Crippen LogP contribution in [-0.2, 0) is 10.9 Å². The SMILES string of the molecule is CCOC(=O)c1coc(C[P+](c2ccccc2)(c2ccccc2)c2ccccc2)n1. The topological polar surface area (TPSA) is 52.3 Å². The van der Waals surface area contributed by atoms with Crippen LogP contribution < -0.4 is 15.9 Å². The molecule has 0 saturated heterocycles. The molecule has 0 aliphatic heterocycles. The number of aromatic nitrogens is 1. The number of rotatable bonds is 7. The molecule has 4 aromatic rings. The molecule has 3 aromatic carbocycles. The largest absolute Gasteiger partial charge is 0.461 e. The van der Waals surface area contributed by atoms with E-state index in [1.54, 1.807) is 6.92 Å². The van der Waals surface area contributed by atoms with E-state index < -0.39 is 13.2 Å². The molecule has 0 spiro atoms. The third-order valence-corrected chi connectivity index (χ3v) is 9.28. The Morgan fingerprint density at radius 1 is 0.833 bits per heavy atom. The number of hydrogen-bond acceptors (Lipinski definition) is 4. The molecule has 0 N–H and O–H groups in total. The monoisotopic (exact) mass is 416 g/mol. The predicted molar refractivity (Wildman–Crippen MR) is 121 cm³/mol. The average Bonchev–Trinajstić information content (AvgIpc) is 3.28. The average molecular weight is 416 g/mol. The van der Waals surface area contributed by atoms with Gasteiger partial charge in [-0.25, -0.2) is 9.78 Å². The van der Waals surface area contributed by atoms with E-state index in [1.165, 1.54) is 22.2 Å². The van der Waals surface area contributed by atoms with Gasteiger partial charge >= 0.3 is 5.97 Å². The first-order chi connectivity index (χ1) is 14.7. The van der Waals surface area contributed by atoms with Crippen LogP contribution in [0.15, 0.2) is 102 Å². The van der Waals surface area contributed by atoms with Gasteiger partial charge in [0.15, 0.2) is 5.69 Å². The fraction of sp³-hybridized carbons (Fsp3) is 0.120. The van der Waals surface area contributed by atoms with Gasteiger partial charge in [-0.3, -0.25) is 0 Å². The number of hydrogen-bond donors (Lipinski definition) is 0. The summed E-state index contributed by atoms with van der Waals surface area (Å²) in [6.45, 7) is 2.08. The van der Waals surface area contributed by atoms with Crippen LogP contribution in [0.5, 0.6) is 0 Å². The van der Waals surface area contributed by atoms with Crippen molar-refractivity contribution in [2.45, 2.75) is 13.1 Å². The van der Waals surface area contributed by atoms with Gasteiger partial charge in [0.25, 0.3) is 0 Å². The minimum absolute atomic E-state index is 0.208. The summed E-state index contributed by atoms with van der Waals surface area (Å²) in [6.07, 6.45) is 1.97. The summed E-state index contributed by atoms with van der Waals surface area (Å²) in [5.74, 6) is 0.0681. The number of oxazole rings is 1. The second-order valence-electron chi connectivity index (χ2n) is 6.82. The summed E-state index contributed by atoms with van der Waals surface area (Å²) in [5, 5.41) is 3.70. The molecule has 0 aliphatic carbocycles. The standard InChI is InChI=1S/C25H23NO3P/c1-2-28-25(27)23-18-29-24(26-23)19-30(20-12-6-3-7-13-20,21-14-8-4-9-15-21)22-16-10-5-11-17-22/h3-18H,2,19H2,1H3/q+1. The molecule has 1 aromatic heterocycles. The fourth-order valence-corrected chi connectivity index (χ4v) is 7.69. The van der Waals surface area contributed by atoms with Crippen molar-refractivity contribution in [3.05, 3.63) is 109 Å². The number of ether oxygens (including phenoxy) is 1. The molecular weight excluding hydrogens is 393 g/mol. The number of nitrogens with zero attached hydrogens (tertiary/aromatic N) is 1. The highest BCUT2D eigenvalue weighted by atomic mass is 31.2. The zero-order chi connectivity index (χ0) is 20.8. The summed E-state index contributed by atoms with van der Waals surface area (Å²) in [4.78, 5) is 16.6. The van der Waals surface area contributed by atoms with E-state index in [0.29, 0.717) is 18.7 Å². The van der Waals surface area contributed by atoms with Crippen LogP contribution in [0.4, 0.5) is 0 Å². The highest BCUT2D eigenvalue weighted by molar-refractivity contribution is 7.95. The summed E-state index contributed by atoms with van der Waals surface area (Å²) in [6, 6.07) is 31.5. The molecule has 0 radical (unpaired) electrons. The first-order valence-electron chi connectivity index (χ1n) is 9.90. The molecule has 1 heterocycles. The first-order valence-corrected chi connectivity index (χ1v) is 11.9. The fourth-order valence-electron chi connectivity index (χ4n) is 3.65. The van der Waals surface area contributed by atoms with E-state index in [1.807, 2.05) is 18.2 Å². The van der Waals surface area contributed by atoms with Crippen LogP contribution in [0.3, 0.4) is 0 Å². The lowest BCUT2D eigenvalue weighted by Gasteiger charge is -2.26. The van der Waals surface area contributed by atoms with E-state index in [0.717, 1.165) is 0 Å². The number of benzene rings is 3. The van der Waals surface area contributed by atoms with Gasteiger partial charge in [-0.15, -0.1) is 0 Å². The van der Waals surface area contributed by atoms with E-state index in [2.05, 4.69) is 77.8 Å². The van der Waals surface area contributed by atoms with Crippen molar-refractivity contribution < 1.29 is 13.9 Å². The smallest absolute Gasteiger partial charge is 0.360 e. The third-order valence-electron chi connectivity index (χ3n) is 5.00. The van der Waals surface area contributed by atoms with Gasteiger partial charge in [0.2, 0.25) is 5.89 Å². The number of carbonyl (C=O) groups is 1. The molecule has 0 atom stereocenters. The molecule has 30 heavy (non-hydrogen) atoms. The van der Waals surface area contributed by atoms with Crippen LogP contribution in [-0.4, -0.2) is 17.6 Å². The van der Waals surface area contributed by atoms with Gasteiger partial charge in [-0.1, -0.05) is 54.6 Å². The van der Waals surface area contributed by atoms with E-state index in [9.17, 15) is 4.79 Å². The van der Waals surface area contributed by atoms with E-state index in [4.69, 9.17) is 9.15 Å². The molecular formula is C25H23NO3P+. The lowest BCUT2D eigenvalue weighted by Crippen LogP contribution is -2.32. The number of esters is 1. The Morgan fingerprint density at radius 2 is 1.30 bits per heavy atom. The van der Waals surface area contributed by atoms with Crippen molar-refractivity contribution in [1.29, 1.82) is 0 Å². The van der Waals surface area contributed by atoms with Crippen molar-refractivity contribution in [3.63, 3.8) is 0 Å². The molecule has 0 bridgehead atoms. The van der Waals surface area contributed by atoms with Gasteiger partial charge in [0.05, 0.1) is 6.61 Å². The van der Waals surface area contributed by atoms with Crippen LogP contribution in [0.2, 0.25) is 0 Å². The van der Waals surface area contributed by atoms with Crippen molar-refractivity contribution >= 4 is 29.1 Å². The second kappa shape index (κ2) is 9.06. The van der Waals surface area contributed by atoms with Gasteiger partial charge in [-0.05, 0) is 43.3 Å². The third kappa shape index (κ3) is 3.92. The molecule has 150 valence electrons. The van der Waals surface area contributed by atoms with E-state index in [-0.39, 0.29) is 5.69 Å². The Bertz CT molecular complexity index is 998. The summed E-state index contributed by atoms with van der Waals surface area (Å²) in [7, 11) is -2.12. The minimum atomic E-state index is -2.12. The van der Waals surface area contributed by atoms with Crippen molar-refractivity contribution in [2.75, 3.05) is 6.61 Å². The van der Waals surface area contributed by atoms with Crippen LogP contribution in [0.1, 0.15) is 23.3 Å². The molecule has 0 saturated carbocycles. The van der Waals surface area contributed by atoms with Crippen LogP contribution in [0.25, 0.3) is 0 Å². The lowest BCUT2D eigenvalue weighted by atomic mass is 10.4. The maximum absolute atomic E-state index is 12.1. The quantitative estimate of drug-likeness (QED) is 0.332. The zero-order valence-corrected chi connectivity index (χ0v) is 17.7. The van der Waals surface area contributed by atoms with Gasteiger partial charge < -0.3 is 9.15 Å². The maximum Gasteiger partial charge on any atom is 0.360 e. The van der Waals surface area contributed by atoms with Crippen molar-refractivity contribution in [1.82, 2.24) is 4.98 Å². The zero-order valence-electron chi connectivity index (χ0n) is 16.8. The Kier molecular flexibility index (Phi) is 6.06. The Hall–Kier alpha value is -3.23. The summed E-state index contributed by atoms with van der Waals surface area (Å²) in [5.41, 5.74) is 0.208. The second-order valence-corrected chi connectivity index (χ2v) is 10.3. The normalized spacial score (nSPS) is 11.2. The lowest BCUT2D eigenvalue weighted by molar-refractivity contribution is 0.0519. The minimum Gasteiger partial charge on any atom is -0.461 e. The summed E-state index contributed by atoms with van der Waals surface area (Å²) < 4.78 is 10.8. The summed E-state index contributed by atoms with van der Waals surface area (Å²) >= 11 is 0. The maximum atomic E-state index is 12.1. The molecule has 0 fully saturated rings. The Balaban J connectivity index is 1.88. The van der Waals surface area contributed by atoms with E-state index >= 15 is 0 Å². The molecule has 0 aliphatic rings. The molecule has 4 nitrogen and oxygen atoms in total. The highest BCUT2D eigenvalue weighted by Gasteiger charge is 2.47. The predicted octanol–water partition coefficient (Wildman–Crippen LogP) is 4.35. The molecule has 0 unspecified atom stereocenters. The van der Waals surface area contributed by atoms with Crippen LogP contribution >= 0.6 is 7.26 Å². The van der Waals surface area contributed by atoms with Gasteiger partial charge in [-0.2, -0.15) is 0 Å². The van der Waals surface area contributed by atoms with Crippen molar-refractivity contribution in [2.24, 2.45) is 0 Å². The Morgan fingerprint density at radius 3 is 1.73 bits per heavy atom. The number of carbonyl (C=O) groups excluding carboxylic acids is 1. The van der Waals surface area contributed by atoms with Gasteiger partial charge in [0.1, 0.15) is 35.6 Å². The Labute approximate surface area is 176 Å². The highest BCUT2D eigenvalue weighted by Crippen LogP contribution is 2.57. The molecule has 0 amide bonds. The first kappa shape index (κ1) is 20.1. The van der Waals surface area contributed by atoms with Crippen LogP contribution in [0, 0.1) is 0 Å². The molecule has 5 heteroatoms. The van der Waals surface area contributed by atoms with Crippen molar-refractivity contribution in [3.8, 4) is 0 Å².